The van der Waals surface area contributed by atoms with E-state index >= 15 is 0 Å². The van der Waals surface area contributed by atoms with Crippen LogP contribution in [0.15, 0.2) is 42.5 Å². The van der Waals surface area contributed by atoms with Crippen molar-refractivity contribution >= 4 is 22.7 Å². The van der Waals surface area contributed by atoms with Gasteiger partial charge in [0, 0.05) is 55.5 Å². The summed E-state index contributed by atoms with van der Waals surface area (Å²) < 4.78 is 0. The van der Waals surface area contributed by atoms with Crippen molar-refractivity contribution in [3.8, 4) is 0 Å². The minimum Gasteiger partial charge on any atom is -0.372 e. The van der Waals surface area contributed by atoms with Crippen LogP contribution in [0.3, 0.4) is 0 Å². The molecule has 0 aliphatic heterocycles. The number of nitrogens with zero attached hydrogens (tertiary/aromatic N) is 2. The van der Waals surface area contributed by atoms with E-state index in [0.717, 1.165) is 43.1 Å². The van der Waals surface area contributed by atoms with Gasteiger partial charge in [0.05, 0.1) is 0 Å². The Hall–Kier alpha value is -2.20. The first-order chi connectivity index (χ1) is 12.1. The van der Waals surface area contributed by atoms with E-state index in [-0.39, 0.29) is 0 Å². The van der Waals surface area contributed by atoms with Crippen LogP contribution in [0.1, 0.15) is 33.3 Å². The van der Waals surface area contributed by atoms with Gasteiger partial charge in [0.2, 0.25) is 0 Å². The average Bonchev–Trinajstić information content (AvgIpc) is 2.64. The van der Waals surface area contributed by atoms with Gasteiger partial charge >= 0.3 is 0 Å². The minimum atomic E-state index is 0.573. The molecule has 0 amide bonds. The van der Waals surface area contributed by atoms with Crippen LogP contribution >= 0.6 is 0 Å². The second-order valence-corrected chi connectivity index (χ2v) is 6.11. The maximum atomic E-state index is 5.69. The van der Waals surface area contributed by atoms with E-state index in [4.69, 9.17) is 5.73 Å². The van der Waals surface area contributed by atoms with Crippen LogP contribution in [0.4, 0.5) is 22.7 Å². The van der Waals surface area contributed by atoms with Crippen LogP contribution < -0.4 is 20.9 Å². The molecule has 4 nitrogen and oxygen atoms in total. The molecule has 4 heteroatoms. The lowest BCUT2D eigenvalue weighted by atomic mass is 10.1. The highest BCUT2D eigenvalue weighted by Gasteiger charge is 2.10. The van der Waals surface area contributed by atoms with Crippen LogP contribution in [-0.4, -0.2) is 26.2 Å². The molecule has 0 heterocycles. The first kappa shape index (κ1) is 19.1. The van der Waals surface area contributed by atoms with Crippen molar-refractivity contribution < 1.29 is 0 Å². The second kappa shape index (κ2) is 9.33. The Morgan fingerprint density at radius 2 is 1.20 bits per heavy atom. The monoisotopic (exact) mass is 340 g/mol. The van der Waals surface area contributed by atoms with E-state index in [0.29, 0.717) is 6.54 Å². The van der Waals surface area contributed by atoms with Gasteiger partial charge in [0.15, 0.2) is 0 Å². The van der Waals surface area contributed by atoms with Gasteiger partial charge < -0.3 is 20.9 Å². The van der Waals surface area contributed by atoms with Crippen molar-refractivity contribution in [3.05, 3.63) is 48.0 Å². The van der Waals surface area contributed by atoms with Crippen molar-refractivity contribution in [3.63, 3.8) is 0 Å². The molecule has 0 fully saturated rings. The molecular formula is C21H32N4. The zero-order chi connectivity index (χ0) is 18.2. The van der Waals surface area contributed by atoms with Gasteiger partial charge in [0.1, 0.15) is 0 Å². The molecule has 3 N–H and O–H groups in total. The van der Waals surface area contributed by atoms with Gasteiger partial charge in [-0.15, -0.1) is 0 Å². The highest BCUT2D eigenvalue weighted by atomic mass is 15.1. The van der Waals surface area contributed by atoms with Crippen molar-refractivity contribution in [2.24, 2.45) is 5.73 Å². The molecule has 0 bridgehead atoms. The Bertz CT molecular complexity index is 613. The summed E-state index contributed by atoms with van der Waals surface area (Å²) >= 11 is 0. The van der Waals surface area contributed by atoms with Gasteiger partial charge in [0.25, 0.3) is 0 Å². The summed E-state index contributed by atoms with van der Waals surface area (Å²) in [6, 6.07) is 15.1. The molecule has 0 aliphatic carbocycles. The Kier molecular flexibility index (Phi) is 7.14. The topological polar surface area (TPSA) is 44.5 Å². The minimum absolute atomic E-state index is 0.573. The molecule has 136 valence electrons. The summed E-state index contributed by atoms with van der Waals surface area (Å²) in [5, 5.41) is 3.55. The van der Waals surface area contributed by atoms with E-state index in [1.807, 2.05) is 0 Å². The first-order valence-corrected chi connectivity index (χ1v) is 9.36. The molecule has 0 saturated carbocycles. The third kappa shape index (κ3) is 4.89. The summed E-state index contributed by atoms with van der Waals surface area (Å²) in [6.45, 7) is 13.4. The molecule has 0 radical (unpaired) electrons. The lowest BCUT2D eigenvalue weighted by molar-refractivity contribution is 0.852. The highest BCUT2D eigenvalue weighted by molar-refractivity contribution is 5.72. The van der Waals surface area contributed by atoms with Crippen molar-refractivity contribution in [1.82, 2.24) is 0 Å². The smallest absolute Gasteiger partial charge is 0.0425 e. The zero-order valence-corrected chi connectivity index (χ0v) is 16.0. The standard InChI is InChI=1S/C21H32N4/c1-5-24(6-2)20-13-19(14-21(15-20)25(7-3)8-4)23-18-11-9-17(16-22)10-12-18/h9-15,23H,5-8,16,22H2,1-4H3. The Morgan fingerprint density at radius 3 is 1.60 bits per heavy atom. The molecule has 25 heavy (non-hydrogen) atoms. The fraction of sp³-hybridized carbons (Fsp3) is 0.429. The number of rotatable bonds is 9. The average molecular weight is 341 g/mol. The lowest BCUT2D eigenvalue weighted by Gasteiger charge is -2.27. The summed E-state index contributed by atoms with van der Waals surface area (Å²) in [6.07, 6.45) is 0. The molecular weight excluding hydrogens is 308 g/mol. The van der Waals surface area contributed by atoms with E-state index < -0.39 is 0 Å². The quantitative estimate of drug-likeness (QED) is 0.701. The first-order valence-electron chi connectivity index (χ1n) is 9.36. The molecule has 2 aromatic rings. The summed E-state index contributed by atoms with van der Waals surface area (Å²) in [7, 11) is 0. The van der Waals surface area contributed by atoms with Gasteiger partial charge in [-0.1, -0.05) is 12.1 Å². The summed E-state index contributed by atoms with van der Waals surface area (Å²) in [5.41, 5.74) is 11.6. The Labute approximate surface area is 152 Å². The maximum Gasteiger partial charge on any atom is 0.0425 e. The zero-order valence-electron chi connectivity index (χ0n) is 16.0. The van der Waals surface area contributed by atoms with E-state index in [9.17, 15) is 0 Å². The van der Waals surface area contributed by atoms with Crippen molar-refractivity contribution in [2.75, 3.05) is 41.3 Å². The van der Waals surface area contributed by atoms with Crippen LogP contribution in [0.25, 0.3) is 0 Å². The number of anilines is 4. The van der Waals surface area contributed by atoms with Crippen LogP contribution in [0, 0.1) is 0 Å². The van der Waals surface area contributed by atoms with E-state index in [1.54, 1.807) is 0 Å². The van der Waals surface area contributed by atoms with Crippen molar-refractivity contribution in [2.45, 2.75) is 34.2 Å². The lowest BCUT2D eigenvalue weighted by Crippen LogP contribution is -2.24. The van der Waals surface area contributed by atoms with Gasteiger partial charge in [-0.2, -0.15) is 0 Å². The molecule has 2 aromatic carbocycles. The largest absolute Gasteiger partial charge is 0.372 e. The molecule has 0 spiro atoms. The predicted molar refractivity (Wildman–Crippen MR) is 111 cm³/mol. The van der Waals surface area contributed by atoms with Gasteiger partial charge in [-0.3, -0.25) is 0 Å². The third-order valence-corrected chi connectivity index (χ3v) is 4.64. The highest BCUT2D eigenvalue weighted by Crippen LogP contribution is 2.30. The molecule has 0 aliphatic rings. The normalized spacial score (nSPS) is 10.6. The van der Waals surface area contributed by atoms with Crippen LogP contribution in [-0.2, 0) is 6.54 Å². The molecule has 0 saturated heterocycles. The maximum absolute atomic E-state index is 5.69. The third-order valence-electron chi connectivity index (χ3n) is 4.64. The van der Waals surface area contributed by atoms with Crippen molar-refractivity contribution in [1.29, 1.82) is 0 Å². The predicted octanol–water partition coefficient (Wildman–Crippen LogP) is 4.58. The second-order valence-electron chi connectivity index (χ2n) is 6.11. The van der Waals surface area contributed by atoms with Crippen LogP contribution in [0.5, 0.6) is 0 Å². The number of nitrogens with one attached hydrogen (secondary N) is 1. The SMILES string of the molecule is CCN(CC)c1cc(Nc2ccc(CN)cc2)cc(N(CC)CC)c1. The molecule has 2 rings (SSSR count). The number of nitrogens with two attached hydrogens (primary N) is 1. The van der Waals surface area contributed by atoms with Crippen LogP contribution in [0.2, 0.25) is 0 Å². The van der Waals surface area contributed by atoms with E-state index in [1.165, 1.54) is 11.4 Å². The number of benzene rings is 2. The Morgan fingerprint density at radius 1 is 0.720 bits per heavy atom. The fourth-order valence-electron chi connectivity index (χ4n) is 3.10. The molecule has 0 unspecified atom stereocenters. The van der Waals surface area contributed by atoms with Gasteiger partial charge in [-0.25, -0.2) is 0 Å². The summed E-state index contributed by atoms with van der Waals surface area (Å²) in [5.74, 6) is 0. The fourth-order valence-corrected chi connectivity index (χ4v) is 3.10. The molecule has 0 aromatic heterocycles. The van der Waals surface area contributed by atoms with E-state index in [2.05, 4.69) is 85.3 Å². The van der Waals surface area contributed by atoms with Gasteiger partial charge in [-0.05, 0) is 63.6 Å². The number of hydrogen-bond donors (Lipinski definition) is 2. The molecule has 0 atom stereocenters. The Balaban J connectivity index is 2.36. The number of hydrogen-bond acceptors (Lipinski definition) is 4. The summed E-state index contributed by atoms with van der Waals surface area (Å²) in [4.78, 5) is 4.77.